The number of carbonyl (C=O) groups excluding carboxylic acids is 1. The van der Waals surface area contributed by atoms with Gasteiger partial charge in [-0.25, -0.2) is 9.59 Å². The highest BCUT2D eigenvalue weighted by molar-refractivity contribution is 5.87. The van der Waals surface area contributed by atoms with Crippen LogP contribution in [0.5, 0.6) is 0 Å². The molecule has 0 heterocycles. The van der Waals surface area contributed by atoms with Crippen LogP contribution in [-0.2, 0) is 14.3 Å². The Labute approximate surface area is 300 Å². The van der Waals surface area contributed by atoms with E-state index in [1.165, 1.54) is 193 Å². The second-order valence-electron chi connectivity index (χ2n) is 14.5. The molecule has 0 bridgehead atoms. The van der Waals surface area contributed by atoms with Gasteiger partial charge in [-0.15, -0.1) is 0 Å². The molecule has 0 rings (SSSR count). The van der Waals surface area contributed by atoms with Gasteiger partial charge in [-0.2, -0.15) is 0 Å². The first kappa shape index (κ1) is 48.5. The van der Waals surface area contributed by atoms with Crippen LogP contribution in [0.3, 0.4) is 0 Å². The molecule has 0 aromatic carbocycles. The fourth-order valence-corrected chi connectivity index (χ4v) is 6.04. The van der Waals surface area contributed by atoms with Gasteiger partial charge >= 0.3 is 11.9 Å². The second-order valence-corrected chi connectivity index (χ2v) is 14.5. The van der Waals surface area contributed by atoms with Crippen molar-refractivity contribution in [2.75, 3.05) is 6.61 Å². The summed E-state index contributed by atoms with van der Waals surface area (Å²) in [6, 6.07) is 0. The number of allylic oxidation sites excluding steroid dienone is 1. The molecule has 0 fully saturated rings. The van der Waals surface area contributed by atoms with Crippen molar-refractivity contribution in [2.45, 2.75) is 240 Å². The fraction of sp³-hybridized carbons (Fsp3) is 0.864. The van der Waals surface area contributed by atoms with Crippen molar-refractivity contribution in [3.8, 4) is 0 Å². The average molecular weight is 677 g/mol. The van der Waals surface area contributed by atoms with Crippen LogP contribution >= 0.6 is 0 Å². The first-order chi connectivity index (χ1) is 23.4. The number of unbranched alkanes of at least 4 members (excludes halogenated alkanes) is 31. The molecular formula is C44H84O4. The van der Waals surface area contributed by atoms with Crippen molar-refractivity contribution in [1.82, 2.24) is 0 Å². The van der Waals surface area contributed by atoms with Crippen LogP contribution in [0, 0.1) is 0 Å². The standard InChI is InChI=1S/2C22H42O2/c1-4-5-6-7-8-9-10-11-12-13-14-15-16-17-18-19-20-24-22(23)21(2)3;1-3-4-5-6-7-8-9-10-11-12-13-14-15-16-17-18-19-20-21(2)22(23)24/h2,4-20H2,1,3H3;20H,3-19H2,1-2H3,(H,23,24). The summed E-state index contributed by atoms with van der Waals surface area (Å²) >= 11 is 0. The molecule has 48 heavy (non-hydrogen) atoms. The number of hydrogen-bond acceptors (Lipinski definition) is 3. The molecule has 4 nitrogen and oxygen atoms in total. The monoisotopic (exact) mass is 677 g/mol. The van der Waals surface area contributed by atoms with Gasteiger partial charge < -0.3 is 9.84 Å². The number of esters is 1. The zero-order valence-corrected chi connectivity index (χ0v) is 33.0. The molecule has 0 aliphatic rings. The number of carboxylic acids is 1. The average Bonchev–Trinajstić information content (AvgIpc) is 3.07. The largest absolute Gasteiger partial charge is 0.478 e. The van der Waals surface area contributed by atoms with Gasteiger partial charge in [0, 0.05) is 11.1 Å². The van der Waals surface area contributed by atoms with E-state index in [2.05, 4.69) is 20.4 Å². The summed E-state index contributed by atoms with van der Waals surface area (Å²) in [4.78, 5) is 21.8. The van der Waals surface area contributed by atoms with Crippen LogP contribution in [0.2, 0.25) is 0 Å². The number of carbonyl (C=O) groups is 2. The van der Waals surface area contributed by atoms with E-state index in [0.717, 1.165) is 19.3 Å². The first-order valence-corrected chi connectivity index (χ1v) is 21.1. The van der Waals surface area contributed by atoms with E-state index in [1.807, 2.05) is 6.08 Å². The van der Waals surface area contributed by atoms with Crippen LogP contribution in [-0.4, -0.2) is 23.7 Å². The van der Waals surface area contributed by atoms with Gasteiger partial charge in [0.25, 0.3) is 0 Å². The molecule has 0 saturated heterocycles. The minimum atomic E-state index is -0.786. The predicted octanol–water partition coefficient (Wildman–Crippen LogP) is 15.0. The second kappa shape index (κ2) is 41.6. The Morgan fingerprint density at radius 1 is 0.479 bits per heavy atom. The third-order valence-electron chi connectivity index (χ3n) is 9.43. The molecule has 0 aromatic heterocycles. The molecule has 0 amide bonds. The maximum Gasteiger partial charge on any atom is 0.333 e. The summed E-state index contributed by atoms with van der Waals surface area (Å²) in [6.07, 6.45) is 46.5. The topological polar surface area (TPSA) is 63.6 Å². The van der Waals surface area contributed by atoms with Gasteiger partial charge in [0.2, 0.25) is 0 Å². The smallest absolute Gasteiger partial charge is 0.333 e. The van der Waals surface area contributed by atoms with E-state index < -0.39 is 5.97 Å². The van der Waals surface area contributed by atoms with E-state index in [0.29, 0.717) is 17.8 Å². The van der Waals surface area contributed by atoms with E-state index >= 15 is 0 Å². The highest BCUT2D eigenvalue weighted by Crippen LogP contribution is 2.15. The highest BCUT2D eigenvalue weighted by Gasteiger charge is 2.02. The van der Waals surface area contributed by atoms with Crippen LogP contribution in [0.1, 0.15) is 240 Å². The summed E-state index contributed by atoms with van der Waals surface area (Å²) < 4.78 is 5.08. The maximum absolute atomic E-state index is 11.2. The normalized spacial score (nSPS) is 11.3. The molecule has 0 atom stereocenters. The quantitative estimate of drug-likeness (QED) is 0.0407. The number of rotatable bonds is 36. The van der Waals surface area contributed by atoms with Crippen molar-refractivity contribution in [2.24, 2.45) is 0 Å². The summed E-state index contributed by atoms with van der Waals surface area (Å²) in [7, 11) is 0. The molecule has 0 unspecified atom stereocenters. The molecular weight excluding hydrogens is 592 g/mol. The van der Waals surface area contributed by atoms with Gasteiger partial charge in [0.1, 0.15) is 0 Å². The van der Waals surface area contributed by atoms with Crippen LogP contribution in [0.15, 0.2) is 23.8 Å². The third-order valence-corrected chi connectivity index (χ3v) is 9.43. The number of aliphatic carboxylic acids is 1. The summed E-state index contributed by atoms with van der Waals surface area (Å²) in [5, 5.41) is 8.75. The SMILES string of the molecule is C=C(C)C(=O)OCCCCCCCCCCCCCCCCCC.CCCCCCCCCCCCCCCCCCC=C(C)C(=O)O. The van der Waals surface area contributed by atoms with Crippen molar-refractivity contribution in [1.29, 1.82) is 0 Å². The maximum atomic E-state index is 11.2. The van der Waals surface area contributed by atoms with Crippen molar-refractivity contribution in [3.05, 3.63) is 23.8 Å². The number of ether oxygens (including phenoxy) is 1. The van der Waals surface area contributed by atoms with Gasteiger partial charge in [-0.1, -0.05) is 219 Å². The lowest BCUT2D eigenvalue weighted by atomic mass is 10.0. The van der Waals surface area contributed by atoms with Crippen LogP contribution in [0.25, 0.3) is 0 Å². The molecule has 0 radical (unpaired) electrons. The molecule has 0 aromatic rings. The summed E-state index contributed by atoms with van der Waals surface area (Å²) in [6.45, 7) is 12.0. The highest BCUT2D eigenvalue weighted by atomic mass is 16.5. The molecule has 0 aliphatic carbocycles. The van der Waals surface area contributed by atoms with Crippen molar-refractivity contribution in [3.63, 3.8) is 0 Å². The lowest BCUT2D eigenvalue weighted by molar-refractivity contribution is -0.139. The van der Waals surface area contributed by atoms with E-state index in [9.17, 15) is 9.59 Å². The minimum absolute atomic E-state index is 0.254. The molecule has 284 valence electrons. The first-order valence-electron chi connectivity index (χ1n) is 21.1. The van der Waals surface area contributed by atoms with Gasteiger partial charge in [-0.05, 0) is 33.1 Å². The molecule has 1 N–H and O–H groups in total. The molecule has 4 heteroatoms. The van der Waals surface area contributed by atoms with Crippen LogP contribution < -0.4 is 0 Å². The number of hydrogen-bond donors (Lipinski definition) is 1. The van der Waals surface area contributed by atoms with Crippen molar-refractivity contribution >= 4 is 11.9 Å². The lowest BCUT2D eigenvalue weighted by Crippen LogP contribution is -2.05. The van der Waals surface area contributed by atoms with Gasteiger partial charge in [-0.3, -0.25) is 0 Å². The van der Waals surface area contributed by atoms with E-state index in [4.69, 9.17) is 9.84 Å². The Morgan fingerprint density at radius 2 is 0.750 bits per heavy atom. The van der Waals surface area contributed by atoms with Crippen molar-refractivity contribution < 1.29 is 19.4 Å². The zero-order chi connectivity index (χ0) is 35.8. The minimum Gasteiger partial charge on any atom is -0.478 e. The number of carboxylic acid groups (broad SMARTS) is 1. The Hall–Kier alpha value is -1.58. The van der Waals surface area contributed by atoms with Gasteiger partial charge in [0.15, 0.2) is 0 Å². The molecule has 0 spiro atoms. The van der Waals surface area contributed by atoms with E-state index in [-0.39, 0.29) is 5.97 Å². The molecule has 0 aliphatic heterocycles. The summed E-state index contributed by atoms with van der Waals surface area (Å²) in [5.41, 5.74) is 0.974. The fourth-order valence-electron chi connectivity index (χ4n) is 6.04. The third kappa shape index (κ3) is 42.4. The van der Waals surface area contributed by atoms with Gasteiger partial charge in [0.05, 0.1) is 6.61 Å². The Morgan fingerprint density at radius 3 is 1.02 bits per heavy atom. The predicted molar refractivity (Wildman–Crippen MR) is 211 cm³/mol. The lowest BCUT2D eigenvalue weighted by Gasteiger charge is -2.05. The van der Waals surface area contributed by atoms with Crippen LogP contribution in [0.4, 0.5) is 0 Å². The Kier molecular flexibility index (Phi) is 42.1. The zero-order valence-electron chi connectivity index (χ0n) is 33.0. The molecule has 0 saturated carbocycles. The Bertz CT molecular complexity index is 725. The summed E-state index contributed by atoms with van der Waals surface area (Å²) in [5.74, 6) is -1.04. The Balaban J connectivity index is 0. The van der Waals surface area contributed by atoms with E-state index in [1.54, 1.807) is 13.8 Å².